The fourth-order valence-corrected chi connectivity index (χ4v) is 2.54. The Hall–Kier alpha value is -2.46. The maximum atomic E-state index is 12.1. The molecule has 1 aliphatic heterocycles. The third kappa shape index (κ3) is 3.23. The van der Waals surface area contributed by atoms with Gasteiger partial charge in [0.05, 0.1) is 6.54 Å². The number of amides is 2. The highest BCUT2D eigenvalue weighted by Crippen LogP contribution is 2.14. The molecule has 1 atom stereocenters. The first-order valence-corrected chi connectivity index (χ1v) is 7.50. The van der Waals surface area contributed by atoms with Crippen LogP contribution >= 0.6 is 0 Å². The summed E-state index contributed by atoms with van der Waals surface area (Å²) >= 11 is 0. The first-order valence-electron chi connectivity index (χ1n) is 6.11. The Kier molecular flexibility index (Phi) is 4.43. The molecular weight excluding hydrogens is 314 g/mol. The molecule has 1 aromatic rings. The van der Waals surface area contributed by atoms with Gasteiger partial charge < -0.3 is 10.2 Å². The highest BCUT2D eigenvalue weighted by molar-refractivity contribution is 7.84. The summed E-state index contributed by atoms with van der Waals surface area (Å²) in [5.74, 6) is -1.61. The molecule has 1 saturated heterocycles. The highest BCUT2D eigenvalue weighted by Gasteiger charge is 2.44. The Morgan fingerprint density at radius 3 is 2.55 bits per heavy atom. The molecule has 0 bridgehead atoms. The van der Waals surface area contributed by atoms with Gasteiger partial charge in [0.1, 0.15) is 13.2 Å². The van der Waals surface area contributed by atoms with Crippen LogP contribution < -0.4 is 5.32 Å². The molecule has 0 aromatic heterocycles. The minimum absolute atomic E-state index is 0.0544. The van der Waals surface area contributed by atoms with E-state index in [1.807, 2.05) is 0 Å². The van der Waals surface area contributed by atoms with Gasteiger partial charge in [0.25, 0.3) is 11.8 Å². The van der Waals surface area contributed by atoms with Crippen molar-refractivity contribution in [1.82, 2.24) is 9.62 Å². The molecule has 1 aromatic carbocycles. The summed E-state index contributed by atoms with van der Waals surface area (Å²) in [6.45, 7) is -0.335. The lowest BCUT2D eigenvalue weighted by atomic mass is 10.1. The van der Waals surface area contributed by atoms with Crippen molar-refractivity contribution >= 4 is 27.8 Å². The Bertz CT molecular complexity index is 716. The molecule has 1 heterocycles. The fraction of sp³-hybridized carbons (Fsp3) is 0.250. The van der Waals surface area contributed by atoms with Crippen LogP contribution in [-0.4, -0.2) is 54.5 Å². The van der Waals surface area contributed by atoms with Gasteiger partial charge in [0.15, 0.2) is 5.71 Å². The predicted octanol–water partition coefficient (Wildman–Crippen LogP) is -0.833. The molecule has 10 heteroatoms. The van der Waals surface area contributed by atoms with Crippen molar-refractivity contribution in [2.45, 2.75) is 6.04 Å². The van der Waals surface area contributed by atoms with Crippen LogP contribution in [0.5, 0.6) is 0 Å². The first-order chi connectivity index (χ1) is 10.3. The molecular formula is C12H13N3O6S. The summed E-state index contributed by atoms with van der Waals surface area (Å²) in [6, 6.07) is 7.37. The number of carbonyl (C=O) groups is 2. The van der Waals surface area contributed by atoms with Crippen LogP contribution in [0.25, 0.3) is 0 Å². The molecule has 22 heavy (non-hydrogen) atoms. The number of rotatable bonds is 5. The van der Waals surface area contributed by atoms with Crippen LogP contribution in [0, 0.1) is 0 Å². The Labute approximate surface area is 126 Å². The zero-order chi connectivity index (χ0) is 16.3. The molecule has 2 amide bonds. The molecule has 118 valence electrons. The number of oxime groups is 1. The van der Waals surface area contributed by atoms with Crippen LogP contribution in [0.3, 0.4) is 0 Å². The van der Waals surface area contributed by atoms with Gasteiger partial charge in [-0.2, -0.15) is 8.42 Å². The van der Waals surface area contributed by atoms with E-state index in [0.29, 0.717) is 5.56 Å². The monoisotopic (exact) mass is 327 g/mol. The lowest BCUT2D eigenvalue weighted by Gasteiger charge is -2.35. The van der Waals surface area contributed by atoms with Crippen molar-refractivity contribution in [3.8, 4) is 0 Å². The number of benzene rings is 1. The van der Waals surface area contributed by atoms with Crippen LogP contribution in [0.15, 0.2) is 35.5 Å². The SMILES string of the molecule is CON=C(C(=O)NC1CN(S(=O)(=O)O)C1=O)c1ccccc1. The summed E-state index contributed by atoms with van der Waals surface area (Å²) in [7, 11) is -3.32. The number of carbonyl (C=O) groups excluding carboxylic acids is 2. The number of hydrogen-bond donors (Lipinski definition) is 2. The van der Waals surface area contributed by atoms with Crippen molar-refractivity contribution in [1.29, 1.82) is 0 Å². The molecule has 0 radical (unpaired) electrons. The smallest absolute Gasteiger partial charge is 0.362 e. The molecule has 2 rings (SSSR count). The maximum Gasteiger partial charge on any atom is 0.362 e. The molecule has 2 N–H and O–H groups in total. The van der Waals surface area contributed by atoms with Gasteiger partial charge in [0, 0.05) is 5.56 Å². The lowest BCUT2D eigenvalue weighted by molar-refractivity contribution is -0.139. The van der Waals surface area contributed by atoms with Crippen LogP contribution in [0.4, 0.5) is 0 Å². The van der Waals surface area contributed by atoms with E-state index in [-0.39, 0.29) is 16.6 Å². The standard InChI is InChI=1S/C12H13N3O6S/c1-21-14-10(8-5-3-2-4-6-8)11(16)13-9-7-15(12(9)17)22(18,19)20/h2-6,9H,7H2,1H3,(H,13,16)(H,18,19,20). The second kappa shape index (κ2) is 6.12. The fourth-order valence-electron chi connectivity index (χ4n) is 1.85. The van der Waals surface area contributed by atoms with E-state index in [9.17, 15) is 18.0 Å². The molecule has 0 spiro atoms. The zero-order valence-electron chi connectivity index (χ0n) is 11.5. The van der Waals surface area contributed by atoms with E-state index in [0.717, 1.165) is 0 Å². The Morgan fingerprint density at radius 1 is 1.41 bits per heavy atom. The van der Waals surface area contributed by atoms with Crippen LogP contribution in [0.2, 0.25) is 0 Å². The maximum absolute atomic E-state index is 12.1. The topological polar surface area (TPSA) is 125 Å². The van der Waals surface area contributed by atoms with Crippen molar-refractivity contribution in [3.05, 3.63) is 35.9 Å². The lowest BCUT2D eigenvalue weighted by Crippen LogP contribution is -2.65. The average molecular weight is 327 g/mol. The van der Waals surface area contributed by atoms with Gasteiger partial charge in [-0.3, -0.25) is 14.1 Å². The molecule has 1 fully saturated rings. The summed E-state index contributed by atoms with van der Waals surface area (Å²) < 4.78 is 30.6. The minimum atomic E-state index is -4.59. The summed E-state index contributed by atoms with van der Waals surface area (Å²) in [5, 5.41) is 5.95. The second-order valence-electron chi connectivity index (χ2n) is 4.36. The highest BCUT2D eigenvalue weighted by atomic mass is 32.2. The van der Waals surface area contributed by atoms with Crippen LogP contribution in [-0.2, 0) is 24.7 Å². The molecule has 0 saturated carbocycles. The summed E-state index contributed by atoms with van der Waals surface area (Å²) in [4.78, 5) is 28.3. The number of β-lactam (4-membered cyclic amide) rings is 1. The van der Waals surface area contributed by atoms with E-state index in [1.54, 1.807) is 30.3 Å². The summed E-state index contributed by atoms with van der Waals surface area (Å²) in [5.41, 5.74) is 0.418. The Balaban J connectivity index is 2.09. The molecule has 1 aliphatic rings. The van der Waals surface area contributed by atoms with Crippen molar-refractivity contribution in [2.75, 3.05) is 13.7 Å². The van der Waals surface area contributed by atoms with Gasteiger partial charge in [-0.15, -0.1) is 0 Å². The normalized spacial score (nSPS) is 18.6. The third-order valence-electron chi connectivity index (χ3n) is 2.92. The minimum Gasteiger partial charge on any atom is -0.398 e. The van der Waals surface area contributed by atoms with Gasteiger partial charge in [0.2, 0.25) is 0 Å². The quantitative estimate of drug-likeness (QED) is 0.315. The van der Waals surface area contributed by atoms with Gasteiger partial charge in [-0.1, -0.05) is 35.5 Å². The molecule has 1 unspecified atom stereocenters. The molecule has 9 nitrogen and oxygen atoms in total. The van der Waals surface area contributed by atoms with E-state index < -0.39 is 28.2 Å². The summed E-state index contributed by atoms with van der Waals surface area (Å²) in [6.07, 6.45) is 0. The second-order valence-corrected chi connectivity index (χ2v) is 5.70. The van der Waals surface area contributed by atoms with Gasteiger partial charge in [-0.25, -0.2) is 4.31 Å². The van der Waals surface area contributed by atoms with Crippen molar-refractivity contribution in [3.63, 3.8) is 0 Å². The average Bonchev–Trinajstić information content (AvgIpc) is 2.47. The molecule has 0 aliphatic carbocycles. The van der Waals surface area contributed by atoms with Crippen molar-refractivity contribution in [2.24, 2.45) is 5.16 Å². The largest absolute Gasteiger partial charge is 0.398 e. The van der Waals surface area contributed by atoms with E-state index in [1.165, 1.54) is 7.11 Å². The number of nitrogens with one attached hydrogen (secondary N) is 1. The van der Waals surface area contributed by atoms with E-state index >= 15 is 0 Å². The number of hydrogen-bond acceptors (Lipinski definition) is 6. The predicted molar refractivity (Wildman–Crippen MR) is 75.2 cm³/mol. The van der Waals surface area contributed by atoms with Crippen LogP contribution in [0.1, 0.15) is 5.56 Å². The third-order valence-corrected chi connectivity index (χ3v) is 3.81. The first kappa shape index (κ1) is 15.9. The number of nitrogens with zero attached hydrogens (tertiary/aromatic N) is 2. The Morgan fingerprint density at radius 2 is 2.05 bits per heavy atom. The van der Waals surface area contributed by atoms with E-state index in [2.05, 4.69) is 15.3 Å². The zero-order valence-corrected chi connectivity index (χ0v) is 12.3. The van der Waals surface area contributed by atoms with E-state index in [4.69, 9.17) is 4.55 Å². The van der Waals surface area contributed by atoms with Crippen molar-refractivity contribution < 1.29 is 27.4 Å². The van der Waals surface area contributed by atoms with Gasteiger partial charge in [-0.05, 0) is 0 Å². The van der Waals surface area contributed by atoms with Gasteiger partial charge >= 0.3 is 10.3 Å².